The minimum atomic E-state index is -4.38. The average molecular weight is 283 g/mol. The van der Waals surface area contributed by atoms with Gasteiger partial charge in [0.1, 0.15) is 6.54 Å². The van der Waals surface area contributed by atoms with Crippen LogP contribution in [0.25, 0.3) is 0 Å². The van der Waals surface area contributed by atoms with Crippen LogP contribution in [0.15, 0.2) is 0 Å². The topological polar surface area (TPSA) is 55.8 Å². The number of nitrogens with one attached hydrogen (secondary N) is 1. The molecule has 0 spiro atoms. The monoisotopic (exact) mass is 283 g/mol. The maximum Gasteiger partial charge on any atom is 0.405 e. The molecule has 19 heavy (non-hydrogen) atoms. The zero-order valence-electron chi connectivity index (χ0n) is 10.9. The first-order valence-electron chi connectivity index (χ1n) is 6.25. The molecule has 1 aliphatic heterocycles. The molecule has 1 unspecified atom stereocenters. The molecule has 0 bridgehead atoms. The van der Waals surface area contributed by atoms with Crippen molar-refractivity contribution < 1.29 is 23.1 Å². The van der Waals surface area contributed by atoms with Gasteiger partial charge in [-0.3, -0.25) is 14.6 Å². The van der Waals surface area contributed by atoms with E-state index < -0.39 is 24.7 Å². The summed E-state index contributed by atoms with van der Waals surface area (Å²) in [5, 5.41) is 10.7. The van der Waals surface area contributed by atoms with Gasteiger partial charge in [-0.15, -0.1) is 0 Å². The third kappa shape index (κ3) is 5.75. The van der Waals surface area contributed by atoms with E-state index in [-0.39, 0.29) is 6.61 Å². The van der Waals surface area contributed by atoms with E-state index in [2.05, 4.69) is 4.90 Å². The standard InChI is InChI=1S/C11H20F3N3O2/c1-9(10(19)15-8-11(12,13)14)17-4-2-16(3-5-17)6-7-18/h9,18H,2-8H2,1H3,(H,15,19). The van der Waals surface area contributed by atoms with E-state index in [9.17, 15) is 18.0 Å². The van der Waals surface area contributed by atoms with Crippen molar-refractivity contribution in [2.45, 2.75) is 19.1 Å². The first-order chi connectivity index (χ1) is 8.83. The maximum absolute atomic E-state index is 12.0. The highest BCUT2D eigenvalue weighted by Crippen LogP contribution is 2.13. The lowest BCUT2D eigenvalue weighted by Crippen LogP contribution is -2.54. The lowest BCUT2D eigenvalue weighted by molar-refractivity contribution is -0.141. The number of β-amino-alcohol motifs (C(OH)–C–C–N with tert-alkyl or cyclic N) is 1. The van der Waals surface area contributed by atoms with Crippen LogP contribution in [0, 0.1) is 0 Å². The Bertz CT molecular complexity index is 291. The molecule has 8 heteroatoms. The molecule has 1 fully saturated rings. The maximum atomic E-state index is 12.0. The number of halogens is 3. The molecule has 1 amide bonds. The van der Waals surface area contributed by atoms with Gasteiger partial charge in [0.2, 0.25) is 5.91 Å². The Kier molecular flexibility index (Phi) is 6.02. The Morgan fingerprint density at radius 2 is 1.89 bits per heavy atom. The van der Waals surface area contributed by atoms with Crippen LogP contribution in [0.5, 0.6) is 0 Å². The van der Waals surface area contributed by atoms with Gasteiger partial charge in [0.15, 0.2) is 0 Å². The number of hydrogen-bond donors (Lipinski definition) is 2. The van der Waals surface area contributed by atoms with E-state index in [1.54, 1.807) is 6.92 Å². The highest BCUT2D eigenvalue weighted by Gasteiger charge is 2.30. The van der Waals surface area contributed by atoms with Crippen LogP contribution >= 0.6 is 0 Å². The van der Waals surface area contributed by atoms with Crippen molar-refractivity contribution in [1.29, 1.82) is 0 Å². The second-order valence-electron chi connectivity index (χ2n) is 4.61. The summed E-state index contributed by atoms with van der Waals surface area (Å²) in [6.07, 6.45) is -4.38. The van der Waals surface area contributed by atoms with Crippen molar-refractivity contribution in [2.24, 2.45) is 0 Å². The summed E-state index contributed by atoms with van der Waals surface area (Å²) in [6.45, 7) is 3.62. The fourth-order valence-corrected chi connectivity index (χ4v) is 2.02. The summed E-state index contributed by atoms with van der Waals surface area (Å²) < 4.78 is 36.0. The van der Waals surface area contributed by atoms with Gasteiger partial charge in [-0.25, -0.2) is 0 Å². The Balaban J connectivity index is 2.34. The van der Waals surface area contributed by atoms with Gasteiger partial charge in [-0.2, -0.15) is 13.2 Å². The molecule has 1 atom stereocenters. The fourth-order valence-electron chi connectivity index (χ4n) is 2.02. The van der Waals surface area contributed by atoms with Crippen molar-refractivity contribution in [3.05, 3.63) is 0 Å². The number of piperazine rings is 1. The second kappa shape index (κ2) is 7.06. The zero-order valence-corrected chi connectivity index (χ0v) is 10.9. The van der Waals surface area contributed by atoms with Crippen molar-refractivity contribution >= 4 is 5.91 Å². The van der Waals surface area contributed by atoms with Gasteiger partial charge in [-0.1, -0.05) is 0 Å². The lowest BCUT2D eigenvalue weighted by atomic mass is 10.2. The van der Waals surface area contributed by atoms with E-state index >= 15 is 0 Å². The van der Waals surface area contributed by atoms with Crippen molar-refractivity contribution in [2.75, 3.05) is 45.9 Å². The Hall–Kier alpha value is -0.860. The van der Waals surface area contributed by atoms with Crippen LogP contribution in [0.1, 0.15) is 6.92 Å². The molecular weight excluding hydrogens is 263 g/mol. The molecule has 0 aromatic carbocycles. The first kappa shape index (κ1) is 16.2. The number of nitrogens with zero attached hydrogens (tertiary/aromatic N) is 2. The van der Waals surface area contributed by atoms with Gasteiger partial charge in [0.05, 0.1) is 12.6 Å². The van der Waals surface area contributed by atoms with E-state index in [0.29, 0.717) is 32.7 Å². The Morgan fingerprint density at radius 3 is 2.37 bits per heavy atom. The lowest BCUT2D eigenvalue weighted by Gasteiger charge is -2.37. The van der Waals surface area contributed by atoms with Gasteiger partial charge in [0.25, 0.3) is 0 Å². The second-order valence-corrected chi connectivity index (χ2v) is 4.61. The molecule has 0 aliphatic carbocycles. The summed E-state index contributed by atoms with van der Waals surface area (Å²) in [5.41, 5.74) is 0. The Labute approximate surface area is 110 Å². The summed E-state index contributed by atoms with van der Waals surface area (Å²) in [7, 11) is 0. The molecule has 0 aromatic rings. The van der Waals surface area contributed by atoms with E-state index in [0.717, 1.165) is 0 Å². The first-order valence-corrected chi connectivity index (χ1v) is 6.25. The number of hydrogen-bond acceptors (Lipinski definition) is 4. The highest BCUT2D eigenvalue weighted by molar-refractivity contribution is 5.81. The number of alkyl halides is 3. The van der Waals surface area contributed by atoms with Gasteiger partial charge in [0, 0.05) is 32.7 Å². The molecule has 1 saturated heterocycles. The molecule has 1 rings (SSSR count). The molecular formula is C11H20F3N3O2. The van der Waals surface area contributed by atoms with E-state index in [4.69, 9.17) is 5.11 Å². The van der Waals surface area contributed by atoms with Crippen LogP contribution in [0.4, 0.5) is 13.2 Å². The SMILES string of the molecule is CC(C(=O)NCC(F)(F)F)N1CCN(CCO)CC1. The minimum Gasteiger partial charge on any atom is -0.395 e. The number of carbonyl (C=O) groups excluding carboxylic acids is 1. The summed E-state index contributed by atoms with van der Waals surface area (Å²) >= 11 is 0. The smallest absolute Gasteiger partial charge is 0.395 e. The molecule has 0 saturated carbocycles. The van der Waals surface area contributed by atoms with Crippen LogP contribution in [-0.4, -0.2) is 78.9 Å². The van der Waals surface area contributed by atoms with Crippen molar-refractivity contribution in [3.8, 4) is 0 Å². The number of carbonyl (C=O) groups is 1. The van der Waals surface area contributed by atoms with Crippen molar-refractivity contribution in [3.63, 3.8) is 0 Å². The predicted molar refractivity (Wildman–Crippen MR) is 63.6 cm³/mol. The number of amides is 1. The van der Waals surface area contributed by atoms with Crippen LogP contribution in [0.3, 0.4) is 0 Å². The third-order valence-corrected chi connectivity index (χ3v) is 3.21. The quantitative estimate of drug-likeness (QED) is 0.725. The zero-order chi connectivity index (χ0) is 14.5. The summed E-state index contributed by atoms with van der Waals surface area (Å²) in [6, 6.07) is -0.571. The molecule has 1 heterocycles. The van der Waals surface area contributed by atoms with Gasteiger partial charge >= 0.3 is 6.18 Å². The highest BCUT2D eigenvalue weighted by atomic mass is 19.4. The number of rotatable bonds is 5. The molecule has 0 radical (unpaired) electrons. The molecule has 2 N–H and O–H groups in total. The molecule has 1 aliphatic rings. The predicted octanol–water partition coefficient (Wildman–Crippen LogP) is -0.337. The molecule has 5 nitrogen and oxygen atoms in total. The largest absolute Gasteiger partial charge is 0.405 e. The molecule has 0 aromatic heterocycles. The van der Waals surface area contributed by atoms with Crippen LogP contribution in [0.2, 0.25) is 0 Å². The van der Waals surface area contributed by atoms with Crippen LogP contribution in [-0.2, 0) is 4.79 Å². The van der Waals surface area contributed by atoms with Crippen LogP contribution < -0.4 is 5.32 Å². The summed E-state index contributed by atoms with van der Waals surface area (Å²) in [4.78, 5) is 15.5. The average Bonchev–Trinajstić information content (AvgIpc) is 2.35. The van der Waals surface area contributed by atoms with Gasteiger partial charge in [-0.05, 0) is 6.92 Å². The Morgan fingerprint density at radius 1 is 1.32 bits per heavy atom. The van der Waals surface area contributed by atoms with Crippen molar-refractivity contribution in [1.82, 2.24) is 15.1 Å². The normalized spacial score (nSPS) is 20.3. The van der Waals surface area contributed by atoms with E-state index in [1.807, 2.05) is 10.2 Å². The fraction of sp³-hybridized carbons (Fsp3) is 0.909. The van der Waals surface area contributed by atoms with Gasteiger partial charge < -0.3 is 10.4 Å². The number of aliphatic hydroxyl groups excluding tert-OH is 1. The summed E-state index contributed by atoms with van der Waals surface area (Å²) in [5.74, 6) is -0.604. The number of aliphatic hydroxyl groups is 1. The minimum absolute atomic E-state index is 0.0849. The molecule has 112 valence electrons. The van der Waals surface area contributed by atoms with E-state index in [1.165, 1.54) is 0 Å². The third-order valence-electron chi connectivity index (χ3n) is 3.21.